The molecule has 3 heterocycles. The molecule has 0 saturated carbocycles. The first-order valence-corrected chi connectivity index (χ1v) is 8.46. The third-order valence-electron chi connectivity index (χ3n) is 4.19. The lowest BCUT2D eigenvalue weighted by Crippen LogP contribution is -2.38. The smallest absolute Gasteiger partial charge is 0.322 e. The summed E-state index contributed by atoms with van der Waals surface area (Å²) in [5.41, 5.74) is 0.731. The number of urea groups is 1. The van der Waals surface area contributed by atoms with Gasteiger partial charge in [0, 0.05) is 30.5 Å². The van der Waals surface area contributed by atoms with Crippen molar-refractivity contribution < 1.29 is 9.32 Å². The van der Waals surface area contributed by atoms with E-state index in [9.17, 15) is 4.79 Å². The molecule has 1 unspecified atom stereocenters. The summed E-state index contributed by atoms with van der Waals surface area (Å²) in [5.74, 6) is 1.39. The Morgan fingerprint density at radius 2 is 2.08 bits per heavy atom. The van der Waals surface area contributed by atoms with Gasteiger partial charge >= 0.3 is 6.03 Å². The van der Waals surface area contributed by atoms with Crippen LogP contribution in [-0.2, 0) is 0 Å². The maximum atomic E-state index is 12.8. The number of likely N-dealkylation sites (tertiary alicyclic amines) is 1. The van der Waals surface area contributed by atoms with E-state index in [-0.39, 0.29) is 18.0 Å². The molecule has 2 aromatic rings. The van der Waals surface area contributed by atoms with E-state index in [1.165, 1.54) is 0 Å². The average Bonchev–Trinajstić information content (AvgIpc) is 2.94. The minimum Gasteiger partial charge on any atom is -0.339 e. The Hall–Kier alpha value is -2.44. The second kappa shape index (κ2) is 7.42. The summed E-state index contributed by atoms with van der Waals surface area (Å²) in [6.07, 6.45) is 7.29. The van der Waals surface area contributed by atoms with E-state index in [4.69, 9.17) is 4.52 Å². The van der Waals surface area contributed by atoms with Gasteiger partial charge in [-0.2, -0.15) is 4.98 Å². The van der Waals surface area contributed by atoms with Crippen LogP contribution in [0.15, 0.2) is 29.0 Å². The number of hydrogen-bond donors (Lipinski definition) is 1. The van der Waals surface area contributed by atoms with Crippen molar-refractivity contribution in [1.82, 2.24) is 20.0 Å². The molecule has 3 rings (SSSR count). The number of nitrogens with one attached hydrogen (secondary N) is 1. The average molecular weight is 329 g/mol. The quantitative estimate of drug-likeness (QED) is 0.927. The molecule has 1 saturated heterocycles. The minimum absolute atomic E-state index is 0.135. The van der Waals surface area contributed by atoms with Gasteiger partial charge in [-0.1, -0.05) is 31.8 Å². The van der Waals surface area contributed by atoms with Gasteiger partial charge in [-0.25, -0.2) is 4.79 Å². The predicted molar refractivity (Wildman–Crippen MR) is 89.6 cm³/mol. The summed E-state index contributed by atoms with van der Waals surface area (Å²) >= 11 is 0. The first-order valence-electron chi connectivity index (χ1n) is 8.46. The Balaban J connectivity index is 1.80. The van der Waals surface area contributed by atoms with Crippen LogP contribution >= 0.6 is 0 Å². The van der Waals surface area contributed by atoms with Crippen LogP contribution in [0.5, 0.6) is 0 Å². The maximum Gasteiger partial charge on any atom is 0.322 e. The lowest BCUT2D eigenvalue weighted by molar-refractivity contribution is 0.184. The standard InChI is InChI=1S/C17H23N5O2/c1-12(2)16-20-15(21-24-16)14-6-4-3-5-11-22(14)17(23)19-13-7-9-18-10-8-13/h7-10,12,14H,3-6,11H2,1-2H3,(H,18,19,23). The van der Waals surface area contributed by atoms with Crippen LogP contribution in [0.2, 0.25) is 0 Å². The Bertz CT molecular complexity index is 671. The third-order valence-corrected chi connectivity index (χ3v) is 4.19. The molecule has 7 nitrogen and oxygen atoms in total. The monoisotopic (exact) mass is 329 g/mol. The molecule has 1 fully saturated rings. The molecule has 0 radical (unpaired) electrons. The number of amides is 2. The van der Waals surface area contributed by atoms with Gasteiger partial charge in [0.1, 0.15) is 0 Å². The Labute approximate surface area is 141 Å². The topological polar surface area (TPSA) is 84.2 Å². The first kappa shape index (κ1) is 16.4. The Morgan fingerprint density at radius 1 is 1.29 bits per heavy atom. The Kier molecular flexibility index (Phi) is 5.08. The number of hydrogen-bond acceptors (Lipinski definition) is 5. The number of rotatable bonds is 3. The van der Waals surface area contributed by atoms with Crippen molar-refractivity contribution in [3.05, 3.63) is 36.2 Å². The lowest BCUT2D eigenvalue weighted by atomic mass is 10.1. The Morgan fingerprint density at radius 3 is 2.79 bits per heavy atom. The van der Waals surface area contributed by atoms with Gasteiger partial charge in [-0.15, -0.1) is 0 Å². The zero-order valence-corrected chi connectivity index (χ0v) is 14.1. The number of pyridine rings is 1. The van der Waals surface area contributed by atoms with Crippen LogP contribution in [0.3, 0.4) is 0 Å². The van der Waals surface area contributed by atoms with E-state index in [1.54, 1.807) is 24.5 Å². The molecule has 7 heteroatoms. The van der Waals surface area contributed by atoms with Crippen molar-refractivity contribution in [1.29, 1.82) is 0 Å². The molecule has 128 valence electrons. The van der Waals surface area contributed by atoms with Crippen molar-refractivity contribution in [2.45, 2.75) is 51.5 Å². The molecule has 0 spiro atoms. The van der Waals surface area contributed by atoms with E-state index in [0.717, 1.165) is 31.4 Å². The number of carbonyl (C=O) groups is 1. The molecule has 1 atom stereocenters. The zero-order chi connectivity index (χ0) is 16.9. The number of carbonyl (C=O) groups excluding carboxylic acids is 1. The van der Waals surface area contributed by atoms with Crippen molar-refractivity contribution in [3.8, 4) is 0 Å². The highest BCUT2D eigenvalue weighted by atomic mass is 16.5. The van der Waals surface area contributed by atoms with Crippen molar-refractivity contribution in [2.75, 3.05) is 11.9 Å². The molecule has 2 amide bonds. The van der Waals surface area contributed by atoms with Crippen molar-refractivity contribution >= 4 is 11.7 Å². The highest BCUT2D eigenvalue weighted by Crippen LogP contribution is 2.29. The van der Waals surface area contributed by atoms with E-state index in [1.807, 2.05) is 18.7 Å². The number of nitrogens with zero attached hydrogens (tertiary/aromatic N) is 4. The first-order chi connectivity index (χ1) is 11.6. The van der Waals surface area contributed by atoms with Crippen LogP contribution in [0.25, 0.3) is 0 Å². The van der Waals surface area contributed by atoms with Crippen LogP contribution in [0.1, 0.15) is 63.2 Å². The van der Waals surface area contributed by atoms with Gasteiger partial charge in [0.25, 0.3) is 0 Å². The fourth-order valence-electron chi connectivity index (χ4n) is 2.87. The zero-order valence-electron chi connectivity index (χ0n) is 14.1. The second-order valence-corrected chi connectivity index (χ2v) is 6.37. The highest BCUT2D eigenvalue weighted by molar-refractivity contribution is 5.89. The summed E-state index contributed by atoms with van der Waals surface area (Å²) in [6, 6.07) is 3.26. The molecule has 0 aliphatic carbocycles. The summed E-state index contributed by atoms with van der Waals surface area (Å²) in [4.78, 5) is 23.0. The van der Waals surface area contributed by atoms with Gasteiger partial charge in [0.2, 0.25) is 5.89 Å². The van der Waals surface area contributed by atoms with Crippen LogP contribution in [0, 0.1) is 0 Å². The maximum absolute atomic E-state index is 12.8. The van der Waals surface area contributed by atoms with Gasteiger partial charge in [0.15, 0.2) is 5.82 Å². The molecule has 2 aromatic heterocycles. The number of anilines is 1. The predicted octanol–water partition coefficient (Wildman–Crippen LogP) is 3.74. The van der Waals surface area contributed by atoms with E-state index < -0.39 is 0 Å². The fraction of sp³-hybridized carbons (Fsp3) is 0.529. The fourth-order valence-corrected chi connectivity index (χ4v) is 2.87. The van der Waals surface area contributed by atoms with Gasteiger partial charge in [-0.3, -0.25) is 4.98 Å². The summed E-state index contributed by atoms with van der Waals surface area (Å²) in [5, 5.41) is 7.05. The van der Waals surface area contributed by atoms with Crippen molar-refractivity contribution in [3.63, 3.8) is 0 Å². The lowest BCUT2D eigenvalue weighted by Gasteiger charge is -2.27. The molecule has 1 aliphatic rings. The minimum atomic E-state index is -0.148. The molecular formula is C17H23N5O2. The highest BCUT2D eigenvalue weighted by Gasteiger charge is 2.30. The normalized spacial score (nSPS) is 18.5. The van der Waals surface area contributed by atoms with Crippen LogP contribution in [0.4, 0.5) is 10.5 Å². The van der Waals surface area contributed by atoms with Crippen molar-refractivity contribution in [2.24, 2.45) is 0 Å². The second-order valence-electron chi connectivity index (χ2n) is 6.37. The molecule has 1 N–H and O–H groups in total. The molecule has 24 heavy (non-hydrogen) atoms. The van der Waals surface area contributed by atoms with Crippen LogP contribution in [-0.4, -0.2) is 32.6 Å². The summed E-state index contributed by atoms with van der Waals surface area (Å²) in [6.45, 7) is 4.71. The van der Waals surface area contributed by atoms with Gasteiger partial charge < -0.3 is 14.7 Å². The number of aromatic nitrogens is 3. The van der Waals surface area contributed by atoms with E-state index in [0.29, 0.717) is 18.3 Å². The van der Waals surface area contributed by atoms with Gasteiger partial charge in [0.05, 0.1) is 6.04 Å². The largest absolute Gasteiger partial charge is 0.339 e. The molecule has 0 aromatic carbocycles. The summed E-state index contributed by atoms with van der Waals surface area (Å²) in [7, 11) is 0. The summed E-state index contributed by atoms with van der Waals surface area (Å²) < 4.78 is 5.34. The van der Waals surface area contributed by atoms with E-state index >= 15 is 0 Å². The molecular weight excluding hydrogens is 306 g/mol. The van der Waals surface area contributed by atoms with Crippen LogP contribution < -0.4 is 5.32 Å². The van der Waals surface area contributed by atoms with Gasteiger partial charge in [-0.05, 0) is 25.0 Å². The third kappa shape index (κ3) is 3.72. The molecule has 0 bridgehead atoms. The van der Waals surface area contributed by atoms with E-state index in [2.05, 4.69) is 20.4 Å². The SMILES string of the molecule is CC(C)c1nc(C2CCCCCN2C(=O)Nc2ccncc2)no1. The molecule has 1 aliphatic heterocycles.